The van der Waals surface area contributed by atoms with Crippen molar-refractivity contribution in [2.75, 3.05) is 37.8 Å². The Bertz CT molecular complexity index is 996. The van der Waals surface area contributed by atoms with Crippen LogP contribution in [0, 0.1) is 19.8 Å². The quantitative estimate of drug-likeness (QED) is 0.694. The highest BCUT2D eigenvalue weighted by atomic mass is 16.5. The highest BCUT2D eigenvalue weighted by Gasteiger charge is 2.39. The molecule has 2 fully saturated rings. The van der Waals surface area contributed by atoms with E-state index in [9.17, 15) is 9.59 Å². The third-order valence-corrected chi connectivity index (χ3v) is 7.19. The van der Waals surface area contributed by atoms with Crippen LogP contribution < -0.4 is 15.0 Å². The molecule has 2 saturated heterocycles. The van der Waals surface area contributed by atoms with E-state index >= 15 is 0 Å². The van der Waals surface area contributed by atoms with E-state index in [-0.39, 0.29) is 29.6 Å². The lowest BCUT2D eigenvalue weighted by atomic mass is 9.74. The zero-order valence-electron chi connectivity index (χ0n) is 19.9. The molecule has 2 heterocycles. The summed E-state index contributed by atoms with van der Waals surface area (Å²) in [6, 6.07) is 14.2. The van der Waals surface area contributed by atoms with Crippen molar-refractivity contribution >= 4 is 17.5 Å². The standard InChI is InChI=1S/C27H34N2O4/c1-4-33-23-10-8-22(9-11-23)27(12-14-32-15-13-27)18-28-26(31)21-16-25(30)29(17-21)24-7-5-6-19(2)20(24)3/h5-11,21H,4,12-18H2,1-3H3,(H,28,31). The number of ether oxygens (including phenoxy) is 2. The Hall–Kier alpha value is -2.86. The fourth-order valence-electron chi connectivity index (χ4n) is 4.95. The minimum Gasteiger partial charge on any atom is -0.494 e. The Morgan fingerprint density at radius 3 is 2.58 bits per heavy atom. The summed E-state index contributed by atoms with van der Waals surface area (Å²) < 4.78 is 11.2. The van der Waals surface area contributed by atoms with Gasteiger partial charge in [0.05, 0.1) is 12.5 Å². The highest BCUT2D eigenvalue weighted by molar-refractivity contribution is 6.00. The van der Waals surface area contributed by atoms with Crippen LogP contribution in [-0.4, -0.2) is 44.7 Å². The molecule has 0 radical (unpaired) electrons. The van der Waals surface area contributed by atoms with Gasteiger partial charge in [0.1, 0.15) is 5.75 Å². The first kappa shape index (κ1) is 23.3. The number of benzene rings is 2. The second-order valence-corrected chi connectivity index (χ2v) is 9.19. The zero-order chi connectivity index (χ0) is 23.4. The SMILES string of the molecule is CCOc1ccc(C2(CNC(=O)C3CC(=O)N(c4cccc(C)c4C)C3)CCOCC2)cc1. The lowest BCUT2D eigenvalue weighted by Gasteiger charge is -2.38. The predicted octanol–water partition coefficient (Wildman–Crippen LogP) is 3.92. The number of hydrogen-bond donors (Lipinski definition) is 1. The molecule has 2 aliphatic rings. The van der Waals surface area contributed by atoms with E-state index < -0.39 is 0 Å². The van der Waals surface area contributed by atoms with Crippen LogP contribution in [-0.2, 0) is 19.7 Å². The van der Waals surface area contributed by atoms with Gasteiger partial charge >= 0.3 is 0 Å². The van der Waals surface area contributed by atoms with Crippen molar-refractivity contribution in [1.29, 1.82) is 0 Å². The van der Waals surface area contributed by atoms with Crippen LogP contribution in [0.25, 0.3) is 0 Å². The van der Waals surface area contributed by atoms with Gasteiger partial charge in [-0.15, -0.1) is 0 Å². The molecule has 33 heavy (non-hydrogen) atoms. The molecule has 0 aliphatic carbocycles. The number of nitrogens with one attached hydrogen (secondary N) is 1. The summed E-state index contributed by atoms with van der Waals surface area (Å²) in [5.41, 5.74) is 4.15. The number of amides is 2. The molecule has 2 amide bonds. The molecule has 2 aromatic carbocycles. The van der Waals surface area contributed by atoms with Crippen molar-refractivity contribution < 1.29 is 19.1 Å². The van der Waals surface area contributed by atoms with Crippen LogP contribution in [0.1, 0.15) is 42.9 Å². The predicted molar refractivity (Wildman–Crippen MR) is 129 cm³/mol. The van der Waals surface area contributed by atoms with E-state index in [2.05, 4.69) is 17.4 Å². The molecular formula is C27H34N2O4. The van der Waals surface area contributed by atoms with Gasteiger partial charge in [-0.1, -0.05) is 24.3 Å². The van der Waals surface area contributed by atoms with Crippen molar-refractivity contribution in [2.45, 2.75) is 45.4 Å². The summed E-state index contributed by atoms with van der Waals surface area (Å²) in [5, 5.41) is 3.19. The number of carbonyl (C=O) groups excluding carboxylic acids is 2. The number of rotatable bonds is 7. The number of nitrogens with zero attached hydrogens (tertiary/aromatic N) is 1. The van der Waals surface area contributed by atoms with Gasteiger partial charge in [0, 0.05) is 43.8 Å². The van der Waals surface area contributed by atoms with Crippen LogP contribution in [0.15, 0.2) is 42.5 Å². The largest absolute Gasteiger partial charge is 0.494 e. The second-order valence-electron chi connectivity index (χ2n) is 9.19. The molecule has 2 aromatic rings. The molecule has 1 N–H and O–H groups in total. The molecule has 0 spiro atoms. The van der Waals surface area contributed by atoms with Crippen LogP contribution in [0.2, 0.25) is 0 Å². The Morgan fingerprint density at radius 2 is 1.88 bits per heavy atom. The summed E-state index contributed by atoms with van der Waals surface area (Å²) in [6.45, 7) is 8.98. The van der Waals surface area contributed by atoms with E-state index in [1.165, 1.54) is 5.56 Å². The van der Waals surface area contributed by atoms with E-state index in [0.29, 0.717) is 32.9 Å². The van der Waals surface area contributed by atoms with Gasteiger partial charge in [-0.3, -0.25) is 9.59 Å². The summed E-state index contributed by atoms with van der Waals surface area (Å²) in [6.07, 6.45) is 1.94. The Balaban J connectivity index is 1.45. The van der Waals surface area contributed by atoms with E-state index in [1.54, 1.807) is 4.90 Å². The summed E-state index contributed by atoms with van der Waals surface area (Å²) in [7, 11) is 0. The molecule has 0 aromatic heterocycles. The molecule has 6 heteroatoms. The zero-order valence-corrected chi connectivity index (χ0v) is 19.9. The van der Waals surface area contributed by atoms with E-state index in [1.807, 2.05) is 51.1 Å². The van der Waals surface area contributed by atoms with Crippen molar-refractivity contribution in [3.8, 4) is 5.75 Å². The monoisotopic (exact) mass is 450 g/mol. The van der Waals surface area contributed by atoms with Gasteiger partial charge in [0.25, 0.3) is 0 Å². The average molecular weight is 451 g/mol. The molecule has 1 unspecified atom stereocenters. The Kier molecular flexibility index (Phi) is 7.03. The summed E-state index contributed by atoms with van der Waals surface area (Å²) >= 11 is 0. The van der Waals surface area contributed by atoms with Crippen LogP contribution in [0.5, 0.6) is 5.75 Å². The van der Waals surface area contributed by atoms with E-state index in [4.69, 9.17) is 9.47 Å². The van der Waals surface area contributed by atoms with Gasteiger partial charge in [0.2, 0.25) is 11.8 Å². The minimum atomic E-state index is -0.338. The van der Waals surface area contributed by atoms with Gasteiger partial charge in [-0.2, -0.15) is 0 Å². The molecule has 6 nitrogen and oxygen atoms in total. The molecule has 2 aliphatic heterocycles. The minimum absolute atomic E-state index is 0.0103. The molecule has 176 valence electrons. The van der Waals surface area contributed by atoms with Gasteiger partial charge < -0.3 is 19.7 Å². The fraction of sp³-hybridized carbons (Fsp3) is 0.481. The lowest BCUT2D eigenvalue weighted by molar-refractivity contribution is -0.126. The first-order valence-corrected chi connectivity index (χ1v) is 11.9. The fourth-order valence-corrected chi connectivity index (χ4v) is 4.95. The van der Waals surface area contributed by atoms with Crippen LogP contribution in [0.4, 0.5) is 5.69 Å². The third-order valence-electron chi connectivity index (χ3n) is 7.19. The van der Waals surface area contributed by atoms with Crippen LogP contribution >= 0.6 is 0 Å². The molecule has 0 saturated carbocycles. The van der Waals surface area contributed by atoms with Crippen molar-refractivity contribution in [1.82, 2.24) is 5.32 Å². The number of carbonyl (C=O) groups is 2. The summed E-state index contributed by atoms with van der Waals surface area (Å²) in [4.78, 5) is 27.6. The first-order valence-electron chi connectivity index (χ1n) is 11.9. The Labute approximate surface area is 196 Å². The average Bonchev–Trinajstić information content (AvgIpc) is 3.22. The maximum Gasteiger partial charge on any atom is 0.227 e. The molecule has 1 atom stereocenters. The maximum atomic E-state index is 13.1. The summed E-state index contributed by atoms with van der Waals surface area (Å²) in [5.74, 6) is 0.474. The van der Waals surface area contributed by atoms with E-state index in [0.717, 1.165) is 35.4 Å². The van der Waals surface area contributed by atoms with Crippen molar-refractivity contribution in [3.05, 3.63) is 59.2 Å². The van der Waals surface area contributed by atoms with Gasteiger partial charge in [-0.25, -0.2) is 0 Å². The third kappa shape index (κ3) is 4.91. The van der Waals surface area contributed by atoms with Gasteiger partial charge in [-0.05, 0) is 68.5 Å². The maximum absolute atomic E-state index is 13.1. The van der Waals surface area contributed by atoms with Crippen molar-refractivity contribution in [3.63, 3.8) is 0 Å². The Morgan fingerprint density at radius 1 is 1.15 bits per heavy atom. The van der Waals surface area contributed by atoms with Crippen LogP contribution in [0.3, 0.4) is 0 Å². The highest BCUT2D eigenvalue weighted by Crippen LogP contribution is 2.36. The first-order chi connectivity index (χ1) is 15.9. The second kappa shape index (κ2) is 9.96. The lowest BCUT2D eigenvalue weighted by Crippen LogP contribution is -2.46. The normalized spacial score (nSPS) is 20.0. The van der Waals surface area contributed by atoms with Gasteiger partial charge in [0.15, 0.2) is 0 Å². The number of aryl methyl sites for hydroxylation is 1. The van der Waals surface area contributed by atoms with Crippen molar-refractivity contribution in [2.24, 2.45) is 5.92 Å². The number of hydrogen-bond acceptors (Lipinski definition) is 4. The molecule has 0 bridgehead atoms. The topological polar surface area (TPSA) is 67.9 Å². The smallest absolute Gasteiger partial charge is 0.227 e. The molecule has 4 rings (SSSR count). The molecular weight excluding hydrogens is 416 g/mol. The number of anilines is 1.